The highest BCUT2D eigenvalue weighted by Gasteiger charge is 2.41. The third-order valence-electron chi connectivity index (χ3n) is 4.16. The molecule has 1 aromatic carbocycles. The molecule has 2 rings (SSSR count). The molecule has 19 heavy (non-hydrogen) atoms. The molecule has 2 nitrogen and oxygen atoms in total. The van der Waals surface area contributed by atoms with Crippen molar-refractivity contribution in [3.63, 3.8) is 0 Å². The maximum Gasteiger partial charge on any atom is 0.0588 e. The molecule has 106 valence electrons. The number of hydrogen-bond donors (Lipinski definition) is 1. The second-order valence-electron chi connectivity index (χ2n) is 5.91. The van der Waals surface area contributed by atoms with E-state index >= 15 is 0 Å². The Kier molecular flexibility index (Phi) is 4.85. The van der Waals surface area contributed by atoms with Crippen molar-refractivity contribution in [2.45, 2.75) is 49.3 Å². The van der Waals surface area contributed by atoms with Crippen molar-refractivity contribution in [2.24, 2.45) is 5.41 Å². The van der Waals surface area contributed by atoms with E-state index in [1.165, 1.54) is 6.42 Å². The highest BCUT2D eigenvalue weighted by molar-refractivity contribution is 9.10. The number of rotatable bonds is 3. The zero-order chi connectivity index (χ0) is 14.0. The maximum absolute atomic E-state index is 12.9. The first-order valence-electron chi connectivity index (χ1n) is 6.80. The van der Waals surface area contributed by atoms with Crippen LogP contribution in [-0.4, -0.2) is 22.5 Å². The predicted molar refractivity (Wildman–Crippen MR) is 84.8 cm³/mol. The summed E-state index contributed by atoms with van der Waals surface area (Å²) in [6.45, 7) is 4.55. The third kappa shape index (κ3) is 3.11. The Morgan fingerprint density at radius 2 is 2.05 bits per heavy atom. The van der Waals surface area contributed by atoms with Gasteiger partial charge in [-0.3, -0.25) is 4.21 Å². The van der Waals surface area contributed by atoms with Gasteiger partial charge in [0.2, 0.25) is 0 Å². The van der Waals surface area contributed by atoms with E-state index in [0.29, 0.717) is 6.04 Å². The Hall–Kier alpha value is -0.190. The molecule has 1 fully saturated rings. The zero-order valence-electron chi connectivity index (χ0n) is 11.8. The lowest BCUT2D eigenvalue weighted by atomic mass is 9.73. The molecule has 0 spiro atoms. The van der Waals surface area contributed by atoms with Crippen molar-refractivity contribution in [3.8, 4) is 0 Å². The summed E-state index contributed by atoms with van der Waals surface area (Å²) in [5.41, 5.74) is 0.203. The summed E-state index contributed by atoms with van der Waals surface area (Å²) in [5, 5.41) is 3.59. The van der Waals surface area contributed by atoms with Crippen molar-refractivity contribution in [1.29, 1.82) is 0 Å². The van der Waals surface area contributed by atoms with E-state index in [9.17, 15) is 4.21 Å². The fourth-order valence-corrected chi connectivity index (χ4v) is 5.86. The molecule has 3 unspecified atom stereocenters. The van der Waals surface area contributed by atoms with Crippen molar-refractivity contribution < 1.29 is 4.21 Å². The predicted octanol–water partition coefficient (Wildman–Crippen LogP) is 3.72. The average molecular weight is 344 g/mol. The number of nitrogens with one attached hydrogen (secondary N) is 1. The quantitative estimate of drug-likeness (QED) is 0.905. The molecular weight excluding hydrogens is 322 g/mol. The van der Waals surface area contributed by atoms with Crippen LogP contribution < -0.4 is 5.32 Å². The van der Waals surface area contributed by atoms with E-state index in [1.807, 2.05) is 31.3 Å². The Bertz CT molecular complexity index is 475. The summed E-state index contributed by atoms with van der Waals surface area (Å²) in [7, 11) is 1.02. The molecule has 0 heterocycles. The van der Waals surface area contributed by atoms with Gasteiger partial charge in [0.25, 0.3) is 0 Å². The second kappa shape index (κ2) is 6.06. The van der Waals surface area contributed by atoms with E-state index in [2.05, 4.69) is 35.1 Å². The second-order valence-corrected chi connectivity index (χ2v) is 8.41. The summed E-state index contributed by atoms with van der Waals surface area (Å²) in [6, 6.07) is 8.16. The van der Waals surface area contributed by atoms with Gasteiger partial charge in [-0.15, -0.1) is 0 Å². The fourth-order valence-electron chi connectivity index (χ4n) is 3.16. The smallest absolute Gasteiger partial charge is 0.0588 e. The van der Waals surface area contributed by atoms with Crippen LogP contribution in [0.5, 0.6) is 0 Å². The van der Waals surface area contributed by atoms with Crippen LogP contribution >= 0.6 is 15.9 Å². The van der Waals surface area contributed by atoms with Crippen molar-refractivity contribution in [2.75, 3.05) is 7.05 Å². The summed E-state index contributed by atoms with van der Waals surface area (Å²) in [4.78, 5) is 0.922. The maximum atomic E-state index is 12.9. The lowest BCUT2D eigenvalue weighted by Crippen LogP contribution is -2.52. The first-order valence-corrected chi connectivity index (χ1v) is 8.80. The molecule has 1 saturated carbocycles. The van der Waals surface area contributed by atoms with E-state index in [-0.39, 0.29) is 10.7 Å². The minimum absolute atomic E-state index is 0.187. The fraction of sp³-hybridized carbons (Fsp3) is 0.600. The first-order chi connectivity index (χ1) is 8.97. The molecular formula is C15H22BrNOS. The zero-order valence-corrected chi connectivity index (χ0v) is 14.2. The Morgan fingerprint density at radius 3 is 2.68 bits per heavy atom. The molecule has 1 aromatic rings. The topological polar surface area (TPSA) is 29.1 Å². The van der Waals surface area contributed by atoms with Gasteiger partial charge in [0.05, 0.1) is 20.9 Å². The summed E-state index contributed by atoms with van der Waals surface area (Å²) < 4.78 is 13.9. The van der Waals surface area contributed by atoms with Crippen LogP contribution in [0, 0.1) is 5.41 Å². The lowest BCUT2D eigenvalue weighted by molar-refractivity contribution is 0.180. The van der Waals surface area contributed by atoms with E-state index < -0.39 is 10.8 Å². The van der Waals surface area contributed by atoms with Gasteiger partial charge < -0.3 is 5.32 Å². The number of hydrogen-bond acceptors (Lipinski definition) is 2. The van der Waals surface area contributed by atoms with Gasteiger partial charge in [-0.25, -0.2) is 0 Å². The molecule has 3 atom stereocenters. The van der Waals surface area contributed by atoms with Crippen molar-refractivity contribution in [3.05, 3.63) is 28.7 Å². The molecule has 0 radical (unpaired) electrons. The van der Waals surface area contributed by atoms with Crippen LogP contribution in [0.4, 0.5) is 0 Å². The average Bonchev–Trinajstić information content (AvgIpc) is 2.37. The summed E-state index contributed by atoms with van der Waals surface area (Å²) in [5.74, 6) is 0. The highest BCUT2D eigenvalue weighted by Crippen LogP contribution is 2.39. The van der Waals surface area contributed by atoms with Crippen LogP contribution in [0.15, 0.2) is 33.6 Å². The molecule has 1 aliphatic rings. The summed E-state index contributed by atoms with van der Waals surface area (Å²) >= 11 is 3.52. The lowest BCUT2D eigenvalue weighted by Gasteiger charge is -2.43. The Morgan fingerprint density at radius 1 is 1.37 bits per heavy atom. The Labute approximate surface area is 127 Å². The van der Waals surface area contributed by atoms with Crippen molar-refractivity contribution in [1.82, 2.24) is 5.32 Å². The van der Waals surface area contributed by atoms with Crippen LogP contribution in [0.3, 0.4) is 0 Å². The van der Waals surface area contributed by atoms with Crippen molar-refractivity contribution >= 4 is 26.7 Å². The van der Waals surface area contributed by atoms with E-state index in [4.69, 9.17) is 0 Å². The normalized spacial score (nSPS) is 28.0. The van der Waals surface area contributed by atoms with E-state index in [0.717, 1.165) is 22.2 Å². The van der Waals surface area contributed by atoms with Gasteiger partial charge in [0, 0.05) is 10.5 Å². The van der Waals surface area contributed by atoms with Crippen LogP contribution in [0.2, 0.25) is 0 Å². The highest BCUT2D eigenvalue weighted by atomic mass is 79.9. The molecule has 1 aliphatic carbocycles. The number of benzene rings is 1. The Balaban J connectivity index is 2.30. The summed E-state index contributed by atoms with van der Waals surface area (Å²) in [6.07, 6.45) is 3.39. The molecule has 0 aromatic heterocycles. The van der Waals surface area contributed by atoms with Gasteiger partial charge in [-0.05, 0) is 53.4 Å². The third-order valence-corrected chi connectivity index (χ3v) is 6.96. The van der Waals surface area contributed by atoms with Gasteiger partial charge in [0.1, 0.15) is 0 Å². The molecule has 1 N–H and O–H groups in total. The first kappa shape index (κ1) is 15.2. The van der Waals surface area contributed by atoms with Gasteiger partial charge in [0.15, 0.2) is 0 Å². The number of halogens is 1. The van der Waals surface area contributed by atoms with E-state index in [1.54, 1.807) is 0 Å². The SMILES string of the molecule is CNC1C(S(=O)c2ccccc2Br)CCCC1(C)C. The minimum Gasteiger partial charge on any atom is -0.315 e. The monoisotopic (exact) mass is 343 g/mol. The molecule has 0 bridgehead atoms. The molecule has 0 aliphatic heterocycles. The largest absolute Gasteiger partial charge is 0.315 e. The molecule has 0 amide bonds. The standard InChI is InChI=1S/C15H22BrNOS/c1-15(2)10-6-9-13(14(15)17-3)19(18)12-8-5-4-7-11(12)16/h4-5,7-8,13-14,17H,6,9-10H2,1-3H3. The minimum atomic E-state index is -0.967. The van der Waals surface area contributed by atoms with Gasteiger partial charge in [-0.1, -0.05) is 32.4 Å². The van der Waals surface area contributed by atoms with Gasteiger partial charge in [-0.2, -0.15) is 0 Å². The van der Waals surface area contributed by atoms with Gasteiger partial charge >= 0.3 is 0 Å². The van der Waals surface area contributed by atoms with Crippen LogP contribution in [0.1, 0.15) is 33.1 Å². The van der Waals surface area contributed by atoms with Crippen LogP contribution in [0.25, 0.3) is 0 Å². The molecule has 4 heteroatoms. The van der Waals surface area contributed by atoms with Crippen LogP contribution in [-0.2, 0) is 10.8 Å². The molecule has 0 saturated heterocycles.